The summed E-state index contributed by atoms with van der Waals surface area (Å²) < 4.78 is 14.4. The fraction of sp³-hybridized carbons (Fsp3) is 0.263. The van der Waals surface area contributed by atoms with Crippen LogP contribution >= 0.6 is 11.6 Å². The Bertz CT molecular complexity index is 922. The maximum Gasteiger partial charge on any atom is 0.226 e. The molecule has 0 bridgehead atoms. The van der Waals surface area contributed by atoms with Crippen molar-refractivity contribution in [2.75, 3.05) is 38.1 Å². The van der Waals surface area contributed by atoms with Crippen molar-refractivity contribution in [1.82, 2.24) is 14.9 Å². The quantitative estimate of drug-likeness (QED) is 0.698. The Labute approximate surface area is 150 Å². The fourth-order valence-electron chi connectivity index (χ4n) is 3.09. The van der Waals surface area contributed by atoms with Gasteiger partial charge in [0.2, 0.25) is 5.95 Å². The van der Waals surface area contributed by atoms with Crippen molar-refractivity contribution in [1.29, 1.82) is 0 Å². The summed E-state index contributed by atoms with van der Waals surface area (Å²) >= 11 is 6.16. The lowest BCUT2D eigenvalue weighted by atomic mass is 10.1. The average molecular weight is 357 g/mol. The molecule has 2 heterocycles. The number of benzene rings is 2. The van der Waals surface area contributed by atoms with Crippen LogP contribution < -0.4 is 4.90 Å². The zero-order valence-electron chi connectivity index (χ0n) is 13.9. The second kappa shape index (κ2) is 6.58. The van der Waals surface area contributed by atoms with E-state index >= 15 is 0 Å². The van der Waals surface area contributed by atoms with Gasteiger partial charge < -0.3 is 9.80 Å². The minimum atomic E-state index is -0.299. The van der Waals surface area contributed by atoms with Crippen LogP contribution in [0.2, 0.25) is 5.02 Å². The molecule has 2 aromatic carbocycles. The van der Waals surface area contributed by atoms with Gasteiger partial charge in [-0.1, -0.05) is 23.7 Å². The van der Waals surface area contributed by atoms with Gasteiger partial charge in [0.25, 0.3) is 0 Å². The van der Waals surface area contributed by atoms with Crippen molar-refractivity contribution in [3.05, 3.63) is 53.3 Å². The molecule has 0 amide bonds. The van der Waals surface area contributed by atoms with Crippen molar-refractivity contribution < 1.29 is 4.39 Å². The minimum absolute atomic E-state index is 0.299. The standard InChI is InChI=1S/C19H18ClFN4/c1-24-8-10-25(11-9-24)19-22-17-7-6-13(20)12-15(17)18(23-19)14-4-2-3-5-16(14)21/h2-7,12H,8-11H2,1H3. The van der Waals surface area contributed by atoms with Crippen molar-refractivity contribution in [2.24, 2.45) is 0 Å². The highest BCUT2D eigenvalue weighted by atomic mass is 35.5. The minimum Gasteiger partial charge on any atom is -0.338 e. The van der Waals surface area contributed by atoms with Gasteiger partial charge in [-0.05, 0) is 37.4 Å². The van der Waals surface area contributed by atoms with Crippen LogP contribution in [0.1, 0.15) is 0 Å². The first kappa shape index (κ1) is 16.2. The summed E-state index contributed by atoms with van der Waals surface area (Å²) in [5, 5.41) is 1.34. The molecule has 0 radical (unpaired) electrons. The third kappa shape index (κ3) is 3.17. The van der Waals surface area contributed by atoms with Crippen LogP contribution in [0, 0.1) is 5.82 Å². The van der Waals surface area contributed by atoms with Gasteiger partial charge in [0, 0.05) is 42.2 Å². The average Bonchev–Trinajstić information content (AvgIpc) is 2.62. The fourth-order valence-corrected chi connectivity index (χ4v) is 3.27. The molecule has 4 nitrogen and oxygen atoms in total. The predicted octanol–water partition coefficient (Wildman–Crippen LogP) is 3.84. The molecule has 1 aliphatic heterocycles. The molecule has 0 N–H and O–H groups in total. The van der Waals surface area contributed by atoms with Gasteiger partial charge in [0.15, 0.2) is 0 Å². The number of rotatable bonds is 2. The van der Waals surface area contributed by atoms with Crippen molar-refractivity contribution in [3.63, 3.8) is 0 Å². The smallest absolute Gasteiger partial charge is 0.226 e. The molecular formula is C19H18ClFN4. The Morgan fingerprint density at radius 3 is 2.52 bits per heavy atom. The summed E-state index contributed by atoms with van der Waals surface area (Å²) in [5.41, 5.74) is 1.82. The zero-order chi connectivity index (χ0) is 17.4. The van der Waals surface area contributed by atoms with Crippen LogP contribution in [-0.2, 0) is 0 Å². The first-order valence-corrected chi connectivity index (χ1v) is 8.65. The van der Waals surface area contributed by atoms with Gasteiger partial charge in [-0.2, -0.15) is 0 Å². The lowest BCUT2D eigenvalue weighted by Gasteiger charge is -2.32. The van der Waals surface area contributed by atoms with Gasteiger partial charge in [0.1, 0.15) is 5.82 Å². The molecule has 4 rings (SSSR count). The number of nitrogens with zero attached hydrogens (tertiary/aromatic N) is 4. The number of fused-ring (bicyclic) bond motifs is 1. The zero-order valence-corrected chi connectivity index (χ0v) is 14.7. The Morgan fingerprint density at radius 1 is 1.00 bits per heavy atom. The summed E-state index contributed by atoms with van der Waals surface area (Å²) in [6, 6.07) is 12.1. The first-order valence-electron chi connectivity index (χ1n) is 8.27. The Morgan fingerprint density at radius 2 is 1.76 bits per heavy atom. The second-order valence-electron chi connectivity index (χ2n) is 6.30. The first-order chi connectivity index (χ1) is 12.1. The van der Waals surface area contributed by atoms with Gasteiger partial charge in [-0.15, -0.1) is 0 Å². The van der Waals surface area contributed by atoms with E-state index in [2.05, 4.69) is 16.8 Å². The largest absolute Gasteiger partial charge is 0.338 e. The molecule has 1 aliphatic rings. The maximum atomic E-state index is 14.4. The number of likely N-dealkylation sites (N-methyl/N-ethyl adjacent to an activating group) is 1. The molecule has 0 unspecified atom stereocenters. The van der Waals surface area contributed by atoms with Gasteiger partial charge in [0.05, 0.1) is 11.2 Å². The highest BCUT2D eigenvalue weighted by molar-refractivity contribution is 6.31. The van der Waals surface area contributed by atoms with E-state index in [0.717, 1.165) is 37.1 Å². The van der Waals surface area contributed by atoms with E-state index in [4.69, 9.17) is 21.6 Å². The summed E-state index contributed by atoms with van der Waals surface area (Å²) in [7, 11) is 2.10. The monoisotopic (exact) mass is 356 g/mol. The van der Waals surface area contributed by atoms with E-state index in [9.17, 15) is 4.39 Å². The van der Waals surface area contributed by atoms with E-state index in [0.29, 0.717) is 22.2 Å². The predicted molar refractivity (Wildman–Crippen MR) is 99.7 cm³/mol. The highest BCUT2D eigenvalue weighted by Crippen LogP contribution is 2.31. The van der Waals surface area contributed by atoms with Crippen molar-refractivity contribution in [3.8, 4) is 11.3 Å². The summed E-state index contributed by atoms with van der Waals surface area (Å²) in [5.74, 6) is 0.341. The van der Waals surface area contributed by atoms with Crippen LogP contribution in [-0.4, -0.2) is 48.1 Å². The molecule has 25 heavy (non-hydrogen) atoms. The van der Waals surface area contributed by atoms with Crippen LogP contribution in [0.25, 0.3) is 22.2 Å². The van der Waals surface area contributed by atoms with Crippen LogP contribution in [0.15, 0.2) is 42.5 Å². The van der Waals surface area contributed by atoms with Crippen LogP contribution in [0.4, 0.5) is 10.3 Å². The Hall–Kier alpha value is -2.24. The molecule has 0 spiro atoms. The number of anilines is 1. The highest BCUT2D eigenvalue weighted by Gasteiger charge is 2.20. The molecule has 1 fully saturated rings. The lowest BCUT2D eigenvalue weighted by Crippen LogP contribution is -2.45. The van der Waals surface area contributed by atoms with E-state index in [1.54, 1.807) is 24.3 Å². The SMILES string of the molecule is CN1CCN(c2nc(-c3ccccc3F)c3cc(Cl)ccc3n2)CC1. The van der Waals surface area contributed by atoms with Crippen LogP contribution in [0.3, 0.4) is 0 Å². The Kier molecular flexibility index (Phi) is 4.27. The number of hydrogen-bond acceptors (Lipinski definition) is 4. The molecule has 0 aliphatic carbocycles. The molecule has 3 aromatic rings. The van der Waals surface area contributed by atoms with E-state index in [1.807, 2.05) is 12.1 Å². The number of piperazine rings is 1. The second-order valence-corrected chi connectivity index (χ2v) is 6.74. The van der Waals surface area contributed by atoms with E-state index in [1.165, 1.54) is 6.07 Å². The summed E-state index contributed by atoms with van der Waals surface area (Å²) in [4.78, 5) is 13.8. The third-order valence-electron chi connectivity index (χ3n) is 4.56. The topological polar surface area (TPSA) is 32.3 Å². The lowest BCUT2D eigenvalue weighted by molar-refractivity contribution is 0.311. The number of halogens is 2. The van der Waals surface area contributed by atoms with Gasteiger partial charge in [-0.3, -0.25) is 0 Å². The molecule has 1 aromatic heterocycles. The molecular weight excluding hydrogens is 339 g/mol. The van der Waals surface area contributed by atoms with E-state index in [-0.39, 0.29) is 5.82 Å². The third-order valence-corrected chi connectivity index (χ3v) is 4.80. The molecule has 6 heteroatoms. The summed E-state index contributed by atoms with van der Waals surface area (Å²) in [6.07, 6.45) is 0. The van der Waals surface area contributed by atoms with Crippen molar-refractivity contribution in [2.45, 2.75) is 0 Å². The molecule has 0 saturated carbocycles. The molecule has 1 saturated heterocycles. The number of aromatic nitrogens is 2. The normalized spacial score (nSPS) is 15.7. The Balaban J connectivity index is 1.90. The van der Waals surface area contributed by atoms with E-state index < -0.39 is 0 Å². The van der Waals surface area contributed by atoms with Crippen LogP contribution in [0.5, 0.6) is 0 Å². The molecule has 128 valence electrons. The molecule has 0 atom stereocenters. The van der Waals surface area contributed by atoms with Gasteiger partial charge >= 0.3 is 0 Å². The summed E-state index contributed by atoms with van der Waals surface area (Å²) in [6.45, 7) is 3.62. The number of hydrogen-bond donors (Lipinski definition) is 0. The van der Waals surface area contributed by atoms with Crippen molar-refractivity contribution >= 4 is 28.5 Å². The maximum absolute atomic E-state index is 14.4. The van der Waals surface area contributed by atoms with Gasteiger partial charge in [-0.25, -0.2) is 14.4 Å².